The SMILES string of the molecule is CC(C)(C)[Si](C)(C)OCCOCCOCCOCCOCCOCCOCCOCCOCCOCCOCCCCCCCl. The van der Waals surface area contributed by atoms with E-state index in [0.29, 0.717) is 132 Å². The summed E-state index contributed by atoms with van der Waals surface area (Å²) in [5, 5.41) is 0.219. The fraction of sp³-hybridized carbons (Fsp3) is 1.00. The maximum Gasteiger partial charge on any atom is 0.192 e. The van der Waals surface area contributed by atoms with E-state index in [1.807, 2.05) is 0 Å². The minimum absolute atomic E-state index is 0.219. The van der Waals surface area contributed by atoms with Crippen molar-refractivity contribution in [1.82, 2.24) is 0 Å². The summed E-state index contributed by atoms with van der Waals surface area (Å²) in [5.74, 6) is 0.745. The molecule has 0 aliphatic heterocycles. The molecular weight excluding hydrogens is 624 g/mol. The Labute approximate surface area is 280 Å². The van der Waals surface area contributed by atoms with E-state index in [1.54, 1.807) is 0 Å². The van der Waals surface area contributed by atoms with Gasteiger partial charge in [0, 0.05) is 12.5 Å². The second kappa shape index (κ2) is 33.9. The third-order valence-corrected chi connectivity index (χ3v) is 11.8. The maximum atomic E-state index is 6.08. The summed E-state index contributed by atoms with van der Waals surface area (Å²) in [7, 11) is -1.69. The molecular formula is C32H67ClO11Si. The average Bonchev–Trinajstić information content (AvgIpc) is 3.00. The first-order chi connectivity index (χ1) is 21.8. The lowest BCUT2D eigenvalue weighted by Crippen LogP contribution is -2.41. The van der Waals surface area contributed by atoms with Gasteiger partial charge >= 0.3 is 0 Å². The highest BCUT2D eigenvalue weighted by atomic mass is 35.5. The van der Waals surface area contributed by atoms with Crippen molar-refractivity contribution in [3.63, 3.8) is 0 Å². The van der Waals surface area contributed by atoms with Crippen LogP contribution in [0.25, 0.3) is 0 Å². The molecule has 0 spiro atoms. The summed E-state index contributed by atoms with van der Waals surface area (Å²) >= 11 is 5.65. The third kappa shape index (κ3) is 33.8. The highest BCUT2D eigenvalue weighted by molar-refractivity contribution is 6.74. The Kier molecular flexibility index (Phi) is 34.0. The molecule has 0 aliphatic rings. The second-order valence-electron chi connectivity index (χ2n) is 11.8. The van der Waals surface area contributed by atoms with Crippen molar-refractivity contribution in [3.05, 3.63) is 0 Å². The molecule has 11 nitrogen and oxygen atoms in total. The Morgan fingerprint density at radius 1 is 0.356 bits per heavy atom. The molecule has 272 valence electrons. The number of halogens is 1. The fourth-order valence-corrected chi connectivity index (χ4v) is 4.52. The van der Waals surface area contributed by atoms with Gasteiger partial charge in [0.1, 0.15) is 0 Å². The standard InChI is InChI=1S/C32H67ClO11Si/c1-32(2,3)45(4,5)44-31-30-43-29-28-42-27-26-41-25-24-40-23-22-39-21-20-38-19-18-37-17-16-36-15-14-35-13-12-34-11-9-7-6-8-10-33/h6-31H2,1-5H3. The van der Waals surface area contributed by atoms with Crippen LogP contribution >= 0.6 is 11.6 Å². The molecule has 0 fully saturated rings. The number of hydrogen-bond donors (Lipinski definition) is 0. The number of alkyl halides is 1. The molecule has 0 aromatic rings. The molecule has 0 unspecified atom stereocenters. The topological polar surface area (TPSA) is 102 Å². The predicted octanol–water partition coefficient (Wildman–Crippen LogP) is 4.97. The van der Waals surface area contributed by atoms with Crippen molar-refractivity contribution in [2.24, 2.45) is 0 Å². The van der Waals surface area contributed by atoms with Crippen molar-refractivity contribution in [1.29, 1.82) is 0 Å². The molecule has 13 heteroatoms. The normalized spacial score (nSPS) is 12.4. The monoisotopic (exact) mass is 690 g/mol. The second-order valence-corrected chi connectivity index (χ2v) is 17.0. The first-order valence-corrected chi connectivity index (χ1v) is 20.2. The average molecular weight is 691 g/mol. The van der Waals surface area contributed by atoms with Gasteiger partial charge in [-0.3, -0.25) is 0 Å². The molecule has 0 saturated heterocycles. The molecule has 0 aromatic carbocycles. The van der Waals surface area contributed by atoms with E-state index in [4.69, 9.17) is 63.4 Å². The van der Waals surface area contributed by atoms with Gasteiger partial charge in [0.25, 0.3) is 0 Å². The third-order valence-electron chi connectivity index (χ3n) is 7.02. The van der Waals surface area contributed by atoms with Gasteiger partial charge in [-0.15, -0.1) is 11.6 Å². The van der Waals surface area contributed by atoms with Crippen molar-refractivity contribution < 1.29 is 51.8 Å². The molecule has 0 atom stereocenters. The Bertz CT molecular complexity index is 586. The van der Waals surface area contributed by atoms with Crippen LogP contribution in [0.4, 0.5) is 0 Å². The summed E-state index contributed by atoms with van der Waals surface area (Å²) in [6.07, 6.45) is 4.51. The van der Waals surface area contributed by atoms with Crippen LogP contribution in [0.3, 0.4) is 0 Å². The van der Waals surface area contributed by atoms with E-state index < -0.39 is 8.32 Å². The zero-order valence-corrected chi connectivity index (χ0v) is 31.0. The minimum Gasteiger partial charge on any atom is -0.414 e. The highest BCUT2D eigenvalue weighted by Gasteiger charge is 2.36. The van der Waals surface area contributed by atoms with Gasteiger partial charge in [0.15, 0.2) is 8.32 Å². The lowest BCUT2D eigenvalue weighted by atomic mass is 10.2. The first-order valence-electron chi connectivity index (χ1n) is 16.8. The number of hydrogen-bond acceptors (Lipinski definition) is 11. The zero-order valence-electron chi connectivity index (χ0n) is 29.3. The summed E-state index contributed by atoms with van der Waals surface area (Å²) in [6, 6.07) is 0. The van der Waals surface area contributed by atoms with Crippen LogP contribution in [0.2, 0.25) is 18.1 Å². The smallest absolute Gasteiger partial charge is 0.192 e. The molecule has 0 N–H and O–H groups in total. The number of unbranched alkanes of at least 4 members (excludes halogenated alkanes) is 3. The zero-order chi connectivity index (χ0) is 33.2. The van der Waals surface area contributed by atoms with Gasteiger partial charge in [0.05, 0.1) is 132 Å². The van der Waals surface area contributed by atoms with E-state index in [9.17, 15) is 0 Å². The van der Waals surface area contributed by atoms with Crippen molar-refractivity contribution in [2.75, 3.05) is 145 Å². The van der Waals surface area contributed by atoms with E-state index >= 15 is 0 Å². The number of ether oxygens (including phenoxy) is 10. The molecule has 0 rings (SSSR count). The summed E-state index contributed by atoms with van der Waals surface area (Å²) in [6.45, 7) is 23.0. The molecule has 0 heterocycles. The summed E-state index contributed by atoms with van der Waals surface area (Å²) < 4.78 is 61.2. The predicted molar refractivity (Wildman–Crippen MR) is 181 cm³/mol. The van der Waals surface area contributed by atoms with Gasteiger partial charge in [-0.05, 0) is 31.0 Å². The first kappa shape index (κ1) is 45.1. The van der Waals surface area contributed by atoms with Crippen LogP contribution < -0.4 is 0 Å². The lowest BCUT2D eigenvalue weighted by molar-refractivity contribution is -0.0267. The Morgan fingerprint density at radius 2 is 0.600 bits per heavy atom. The molecule has 0 radical (unpaired) electrons. The largest absolute Gasteiger partial charge is 0.414 e. The van der Waals surface area contributed by atoms with Crippen LogP contribution in [-0.2, 0) is 51.8 Å². The van der Waals surface area contributed by atoms with Gasteiger partial charge in [-0.25, -0.2) is 0 Å². The maximum absolute atomic E-state index is 6.08. The van der Waals surface area contributed by atoms with Crippen LogP contribution in [-0.4, -0.2) is 153 Å². The Hall–Kier alpha value is 0.0669. The highest BCUT2D eigenvalue weighted by Crippen LogP contribution is 2.36. The van der Waals surface area contributed by atoms with Gasteiger partial charge in [-0.1, -0.05) is 33.6 Å². The van der Waals surface area contributed by atoms with Crippen molar-refractivity contribution >= 4 is 19.9 Å². The quantitative estimate of drug-likeness (QED) is 0.0502. The molecule has 0 bridgehead atoms. The summed E-state index contributed by atoms with van der Waals surface area (Å²) in [5.41, 5.74) is 0. The lowest BCUT2D eigenvalue weighted by Gasteiger charge is -2.36. The fourth-order valence-electron chi connectivity index (χ4n) is 3.31. The van der Waals surface area contributed by atoms with Crippen LogP contribution in [0.1, 0.15) is 46.5 Å². The van der Waals surface area contributed by atoms with Crippen LogP contribution in [0, 0.1) is 0 Å². The molecule has 0 amide bonds. The van der Waals surface area contributed by atoms with Gasteiger partial charge in [0.2, 0.25) is 0 Å². The minimum atomic E-state index is -1.69. The van der Waals surface area contributed by atoms with E-state index in [2.05, 4.69) is 33.9 Å². The van der Waals surface area contributed by atoms with E-state index in [1.165, 1.54) is 12.8 Å². The van der Waals surface area contributed by atoms with Crippen LogP contribution in [0.15, 0.2) is 0 Å². The summed E-state index contributed by atoms with van der Waals surface area (Å²) in [4.78, 5) is 0. The molecule has 45 heavy (non-hydrogen) atoms. The molecule has 0 aliphatic carbocycles. The van der Waals surface area contributed by atoms with Crippen LogP contribution in [0.5, 0.6) is 0 Å². The van der Waals surface area contributed by atoms with Gasteiger partial charge in [-0.2, -0.15) is 0 Å². The molecule has 0 aromatic heterocycles. The molecule has 0 saturated carbocycles. The van der Waals surface area contributed by atoms with Crippen molar-refractivity contribution in [2.45, 2.75) is 64.6 Å². The number of rotatable bonds is 37. The van der Waals surface area contributed by atoms with E-state index in [-0.39, 0.29) is 5.04 Å². The Morgan fingerprint density at radius 3 is 0.867 bits per heavy atom. The van der Waals surface area contributed by atoms with E-state index in [0.717, 1.165) is 25.3 Å². The Balaban J connectivity index is 3.11. The van der Waals surface area contributed by atoms with Gasteiger partial charge < -0.3 is 51.8 Å². The van der Waals surface area contributed by atoms with Crippen molar-refractivity contribution in [3.8, 4) is 0 Å².